The second kappa shape index (κ2) is 9.78. The number of nitrogens with one attached hydrogen (secondary N) is 1. The van der Waals surface area contributed by atoms with Crippen LogP contribution in [0.3, 0.4) is 0 Å². The highest BCUT2D eigenvalue weighted by atomic mass is 16.5. The number of phenols is 1. The molecule has 0 unspecified atom stereocenters. The molecule has 0 radical (unpaired) electrons. The molecular formula is C25H28N2O2. The summed E-state index contributed by atoms with van der Waals surface area (Å²) in [4.78, 5) is 0. The minimum absolute atomic E-state index is 0.0827. The maximum atomic E-state index is 9.36. The van der Waals surface area contributed by atoms with Gasteiger partial charge in [0, 0.05) is 5.56 Å². The number of nitrogens with two attached hydrogens (primary N) is 1. The first kappa shape index (κ1) is 20.5. The van der Waals surface area contributed by atoms with Gasteiger partial charge in [0.25, 0.3) is 0 Å². The highest BCUT2D eigenvalue weighted by molar-refractivity contribution is 5.95. The molecule has 0 fully saturated rings. The first-order chi connectivity index (χ1) is 14.1. The third kappa shape index (κ3) is 5.61. The van der Waals surface area contributed by atoms with Crippen molar-refractivity contribution >= 4 is 5.84 Å². The van der Waals surface area contributed by atoms with Gasteiger partial charge in [-0.25, -0.2) is 0 Å². The number of aromatic hydroxyl groups is 1. The van der Waals surface area contributed by atoms with Crippen molar-refractivity contribution < 1.29 is 9.84 Å². The van der Waals surface area contributed by atoms with E-state index < -0.39 is 0 Å². The minimum atomic E-state index is 0.0827. The van der Waals surface area contributed by atoms with Gasteiger partial charge in [-0.2, -0.15) is 0 Å². The second-order valence-corrected chi connectivity index (χ2v) is 7.18. The monoisotopic (exact) mass is 388 g/mol. The second-order valence-electron chi connectivity index (χ2n) is 7.18. The van der Waals surface area contributed by atoms with E-state index in [9.17, 15) is 5.11 Å². The van der Waals surface area contributed by atoms with Gasteiger partial charge in [0.15, 0.2) is 0 Å². The average molecular weight is 389 g/mol. The zero-order valence-corrected chi connectivity index (χ0v) is 16.8. The fraction of sp³-hybridized carbons (Fsp3) is 0.240. The molecule has 0 aromatic heterocycles. The number of rotatable bonds is 9. The molecule has 4 nitrogen and oxygen atoms in total. The maximum absolute atomic E-state index is 9.36. The number of amidine groups is 1. The molecule has 0 bridgehead atoms. The van der Waals surface area contributed by atoms with Gasteiger partial charge in [0.1, 0.15) is 17.3 Å². The Balaban J connectivity index is 1.65. The van der Waals surface area contributed by atoms with Gasteiger partial charge in [-0.05, 0) is 65.8 Å². The summed E-state index contributed by atoms with van der Waals surface area (Å²) in [5.41, 5.74) is 10.9. The Morgan fingerprint density at radius 2 is 1.62 bits per heavy atom. The van der Waals surface area contributed by atoms with Crippen molar-refractivity contribution in [1.82, 2.24) is 0 Å². The number of ether oxygens (including phenoxy) is 1. The van der Waals surface area contributed by atoms with Crippen molar-refractivity contribution in [2.75, 3.05) is 6.61 Å². The van der Waals surface area contributed by atoms with Crippen LogP contribution in [0.4, 0.5) is 0 Å². The van der Waals surface area contributed by atoms with E-state index in [1.54, 1.807) is 12.1 Å². The summed E-state index contributed by atoms with van der Waals surface area (Å²) in [6, 6.07) is 21.4. The lowest BCUT2D eigenvalue weighted by molar-refractivity contribution is 0.308. The van der Waals surface area contributed by atoms with E-state index >= 15 is 0 Å². The molecule has 0 amide bonds. The molecule has 150 valence electrons. The summed E-state index contributed by atoms with van der Waals surface area (Å²) >= 11 is 0. The number of hydrogen-bond acceptors (Lipinski definition) is 3. The minimum Gasteiger partial charge on any atom is -0.508 e. The van der Waals surface area contributed by atoms with Crippen LogP contribution in [0, 0.1) is 5.41 Å². The van der Waals surface area contributed by atoms with Gasteiger partial charge in [0.2, 0.25) is 0 Å². The van der Waals surface area contributed by atoms with Gasteiger partial charge >= 0.3 is 0 Å². The summed E-state index contributed by atoms with van der Waals surface area (Å²) in [7, 11) is 0. The van der Waals surface area contributed by atoms with Gasteiger partial charge in [0.05, 0.1) is 6.61 Å². The van der Waals surface area contributed by atoms with Crippen molar-refractivity contribution in [2.45, 2.75) is 32.6 Å². The van der Waals surface area contributed by atoms with Crippen LogP contribution in [0.2, 0.25) is 0 Å². The quantitative estimate of drug-likeness (QED) is 0.264. The van der Waals surface area contributed by atoms with E-state index in [-0.39, 0.29) is 5.84 Å². The Morgan fingerprint density at radius 3 is 2.28 bits per heavy atom. The van der Waals surface area contributed by atoms with Crippen LogP contribution in [0.25, 0.3) is 11.1 Å². The summed E-state index contributed by atoms with van der Waals surface area (Å²) in [6.45, 7) is 2.83. The van der Waals surface area contributed by atoms with E-state index in [0.29, 0.717) is 12.4 Å². The van der Waals surface area contributed by atoms with Crippen LogP contribution in [0.1, 0.15) is 36.5 Å². The molecule has 3 aromatic rings. The first-order valence-corrected chi connectivity index (χ1v) is 10.1. The SMILES string of the molecule is CCCc1cc(-c2ccc(C(=N)N)cc2)ccc1OCCCc1ccc(O)cc1. The van der Waals surface area contributed by atoms with Crippen LogP contribution in [0.5, 0.6) is 11.5 Å². The lowest BCUT2D eigenvalue weighted by atomic mass is 9.99. The molecule has 4 heteroatoms. The highest BCUT2D eigenvalue weighted by Gasteiger charge is 2.07. The van der Waals surface area contributed by atoms with Gasteiger partial charge < -0.3 is 15.6 Å². The number of phenolic OH excluding ortho intramolecular Hbond substituents is 1. The summed E-state index contributed by atoms with van der Waals surface area (Å²) in [6.07, 6.45) is 3.86. The molecule has 0 saturated heterocycles. The topological polar surface area (TPSA) is 79.3 Å². The van der Waals surface area contributed by atoms with Crippen molar-refractivity contribution in [1.29, 1.82) is 5.41 Å². The first-order valence-electron chi connectivity index (χ1n) is 10.1. The molecule has 0 aliphatic rings. The molecular weight excluding hydrogens is 360 g/mol. The van der Waals surface area contributed by atoms with Crippen molar-refractivity contribution in [3.63, 3.8) is 0 Å². The summed E-state index contributed by atoms with van der Waals surface area (Å²) in [5.74, 6) is 1.33. The van der Waals surface area contributed by atoms with E-state index in [2.05, 4.69) is 25.1 Å². The largest absolute Gasteiger partial charge is 0.508 e. The molecule has 0 aliphatic carbocycles. The van der Waals surface area contributed by atoms with Gasteiger partial charge in [-0.1, -0.05) is 55.8 Å². The van der Waals surface area contributed by atoms with Gasteiger partial charge in [-0.3, -0.25) is 5.41 Å². The number of aryl methyl sites for hydroxylation is 2. The number of nitrogen functional groups attached to an aromatic ring is 1. The van der Waals surface area contributed by atoms with E-state index in [1.807, 2.05) is 36.4 Å². The Kier molecular flexibility index (Phi) is 6.90. The lowest BCUT2D eigenvalue weighted by Gasteiger charge is -2.13. The van der Waals surface area contributed by atoms with Crippen LogP contribution in [0.15, 0.2) is 66.7 Å². The normalized spacial score (nSPS) is 10.7. The number of benzene rings is 3. The lowest BCUT2D eigenvalue weighted by Crippen LogP contribution is -2.10. The predicted octanol–water partition coefficient (Wildman–Crippen LogP) is 5.31. The van der Waals surface area contributed by atoms with Crippen LogP contribution in [-0.4, -0.2) is 17.5 Å². The molecule has 0 atom stereocenters. The third-order valence-corrected chi connectivity index (χ3v) is 4.91. The molecule has 29 heavy (non-hydrogen) atoms. The van der Waals surface area contributed by atoms with Crippen molar-refractivity contribution in [2.24, 2.45) is 5.73 Å². The van der Waals surface area contributed by atoms with E-state index in [0.717, 1.165) is 48.1 Å². The van der Waals surface area contributed by atoms with Crippen molar-refractivity contribution in [3.05, 3.63) is 83.4 Å². The molecule has 3 aromatic carbocycles. The summed E-state index contributed by atoms with van der Waals surface area (Å²) < 4.78 is 6.08. The maximum Gasteiger partial charge on any atom is 0.122 e. The number of hydrogen-bond donors (Lipinski definition) is 3. The fourth-order valence-electron chi connectivity index (χ4n) is 3.33. The molecule has 0 aliphatic heterocycles. The highest BCUT2D eigenvalue weighted by Crippen LogP contribution is 2.28. The average Bonchev–Trinajstić information content (AvgIpc) is 2.73. The Labute approximate surface area is 172 Å². The predicted molar refractivity (Wildman–Crippen MR) is 119 cm³/mol. The molecule has 0 heterocycles. The standard InChI is InChI=1S/C25H28N2O2/c1-2-4-22-17-21(19-8-10-20(11-9-19)25(26)27)12-15-24(22)29-16-3-5-18-6-13-23(28)14-7-18/h6-15,17,28H,2-5,16H2,1H3,(H3,26,27). The zero-order chi connectivity index (χ0) is 20.6. The van der Waals surface area contributed by atoms with Crippen LogP contribution >= 0.6 is 0 Å². The molecule has 4 N–H and O–H groups in total. The van der Waals surface area contributed by atoms with E-state index in [4.69, 9.17) is 15.9 Å². The zero-order valence-electron chi connectivity index (χ0n) is 16.8. The van der Waals surface area contributed by atoms with Crippen molar-refractivity contribution in [3.8, 4) is 22.6 Å². The third-order valence-electron chi connectivity index (χ3n) is 4.91. The Hall–Kier alpha value is -3.27. The molecule has 0 saturated carbocycles. The van der Waals surface area contributed by atoms with Crippen LogP contribution in [-0.2, 0) is 12.8 Å². The van der Waals surface area contributed by atoms with Crippen LogP contribution < -0.4 is 10.5 Å². The molecule has 3 rings (SSSR count). The van der Waals surface area contributed by atoms with E-state index in [1.165, 1.54) is 11.1 Å². The Bertz CT molecular complexity index is 948. The fourth-order valence-corrected chi connectivity index (χ4v) is 3.33. The summed E-state index contributed by atoms with van der Waals surface area (Å²) in [5, 5.41) is 16.9. The Morgan fingerprint density at radius 1 is 0.931 bits per heavy atom. The molecule has 0 spiro atoms. The smallest absolute Gasteiger partial charge is 0.122 e. The van der Waals surface area contributed by atoms with Gasteiger partial charge in [-0.15, -0.1) is 0 Å².